The Kier molecular flexibility index (Phi) is 6.21. The van der Waals surface area contributed by atoms with Gasteiger partial charge >= 0.3 is 5.97 Å². The molecule has 0 radical (unpaired) electrons. The van der Waals surface area contributed by atoms with Crippen LogP contribution in [0.25, 0.3) is 0 Å². The van der Waals surface area contributed by atoms with Crippen molar-refractivity contribution in [3.8, 4) is 11.5 Å². The number of aromatic nitrogens is 2. The number of amides is 1. The molecule has 7 nitrogen and oxygen atoms in total. The van der Waals surface area contributed by atoms with Crippen molar-refractivity contribution in [2.24, 2.45) is 7.05 Å². The van der Waals surface area contributed by atoms with Crippen LogP contribution in [0, 0.1) is 12.7 Å². The lowest BCUT2D eigenvalue weighted by Gasteiger charge is -2.11. The van der Waals surface area contributed by atoms with E-state index in [9.17, 15) is 19.1 Å². The number of hydrogen-bond donors (Lipinski definition) is 2. The molecule has 2 N–H and O–H groups in total. The van der Waals surface area contributed by atoms with Crippen LogP contribution in [0.5, 0.6) is 11.5 Å². The highest BCUT2D eigenvalue weighted by Gasteiger charge is 2.23. The van der Waals surface area contributed by atoms with Gasteiger partial charge in [0.05, 0.1) is 15.6 Å². The van der Waals surface area contributed by atoms with Gasteiger partial charge < -0.3 is 15.2 Å². The minimum Gasteiger partial charge on any atom is -0.507 e. The van der Waals surface area contributed by atoms with E-state index < -0.39 is 34.6 Å². The molecule has 0 unspecified atom stereocenters. The molecule has 3 rings (SSSR count). The van der Waals surface area contributed by atoms with Crippen molar-refractivity contribution in [2.75, 3.05) is 5.32 Å². The van der Waals surface area contributed by atoms with Crippen LogP contribution in [-0.2, 0) is 7.05 Å². The Morgan fingerprint density at radius 2 is 1.77 bits per heavy atom. The third-order valence-corrected chi connectivity index (χ3v) is 4.73. The zero-order valence-electron chi connectivity index (χ0n) is 15.5. The summed E-state index contributed by atoms with van der Waals surface area (Å²) in [7, 11) is 1.66. The Bertz CT molecular complexity index is 1160. The highest BCUT2D eigenvalue weighted by Crippen LogP contribution is 2.37. The van der Waals surface area contributed by atoms with Gasteiger partial charge in [-0.2, -0.15) is 5.10 Å². The first-order valence-electron chi connectivity index (χ1n) is 8.27. The Balaban J connectivity index is 1.92. The van der Waals surface area contributed by atoms with Crippen LogP contribution >= 0.6 is 34.8 Å². The summed E-state index contributed by atoms with van der Waals surface area (Å²) in [5, 5.41) is 16.6. The second-order valence-corrected chi connectivity index (χ2v) is 7.48. The first-order chi connectivity index (χ1) is 14.1. The fraction of sp³-hybridized carbons (Fsp3) is 0.105. The van der Waals surface area contributed by atoms with Crippen LogP contribution in [-0.4, -0.2) is 26.8 Å². The van der Waals surface area contributed by atoms with E-state index in [1.165, 1.54) is 16.8 Å². The van der Waals surface area contributed by atoms with Gasteiger partial charge in [0.1, 0.15) is 17.1 Å². The largest absolute Gasteiger partial charge is 0.507 e. The average Bonchev–Trinajstić information content (AvgIpc) is 2.94. The number of halogens is 4. The van der Waals surface area contributed by atoms with Crippen molar-refractivity contribution in [1.82, 2.24) is 9.78 Å². The summed E-state index contributed by atoms with van der Waals surface area (Å²) in [5.74, 6) is -3.74. The van der Waals surface area contributed by atoms with Gasteiger partial charge in [0.2, 0.25) is 0 Å². The topological polar surface area (TPSA) is 93.5 Å². The smallest absolute Gasteiger partial charge is 0.347 e. The second kappa shape index (κ2) is 8.51. The molecule has 156 valence electrons. The number of nitrogens with zero attached hydrogens (tertiary/aromatic N) is 2. The molecule has 0 aliphatic carbocycles. The van der Waals surface area contributed by atoms with Crippen LogP contribution in [0.3, 0.4) is 0 Å². The number of phenolic OH excluding ortho intramolecular Hbond substituents is 1. The third-order valence-electron chi connectivity index (χ3n) is 3.95. The number of esters is 1. The summed E-state index contributed by atoms with van der Waals surface area (Å²) in [6.45, 7) is 1.71. The highest BCUT2D eigenvalue weighted by atomic mass is 35.5. The molecule has 0 aliphatic heterocycles. The quantitative estimate of drug-likeness (QED) is 0.411. The molecule has 30 heavy (non-hydrogen) atoms. The Hall–Kier alpha value is -2.81. The number of rotatable bonds is 4. The van der Waals surface area contributed by atoms with E-state index in [-0.39, 0.29) is 26.6 Å². The van der Waals surface area contributed by atoms with Crippen molar-refractivity contribution < 1.29 is 23.8 Å². The van der Waals surface area contributed by atoms with Gasteiger partial charge in [0.25, 0.3) is 5.91 Å². The van der Waals surface area contributed by atoms with Gasteiger partial charge in [-0.15, -0.1) is 0 Å². The van der Waals surface area contributed by atoms with Crippen molar-refractivity contribution in [3.05, 3.63) is 68.0 Å². The zero-order valence-corrected chi connectivity index (χ0v) is 17.7. The molecule has 1 aromatic heterocycles. The normalized spacial score (nSPS) is 10.7. The number of benzene rings is 2. The number of aryl methyl sites for hydroxylation is 2. The molecule has 0 atom stereocenters. The summed E-state index contributed by atoms with van der Waals surface area (Å²) in [4.78, 5) is 25.0. The van der Waals surface area contributed by atoms with Crippen LogP contribution in [0.15, 0.2) is 30.5 Å². The molecular formula is C19H13Cl3FN3O4. The molecule has 2 aromatic carbocycles. The van der Waals surface area contributed by atoms with Crippen LogP contribution in [0.4, 0.5) is 10.2 Å². The van der Waals surface area contributed by atoms with E-state index in [0.29, 0.717) is 11.6 Å². The van der Waals surface area contributed by atoms with Gasteiger partial charge in [-0.1, -0.05) is 34.8 Å². The van der Waals surface area contributed by atoms with Gasteiger partial charge in [-0.05, 0) is 25.1 Å². The van der Waals surface area contributed by atoms with Crippen molar-refractivity contribution in [3.63, 3.8) is 0 Å². The number of phenols is 1. The summed E-state index contributed by atoms with van der Waals surface area (Å²) in [5.41, 5.74) is -0.323. The molecule has 0 spiro atoms. The summed E-state index contributed by atoms with van der Waals surface area (Å²) in [6, 6.07) is 4.09. The minimum absolute atomic E-state index is 0.0500. The number of hydrogen-bond acceptors (Lipinski definition) is 5. The maximum atomic E-state index is 14.3. The zero-order chi connectivity index (χ0) is 22.2. The van der Waals surface area contributed by atoms with E-state index in [0.717, 1.165) is 6.07 Å². The monoisotopic (exact) mass is 471 g/mol. The summed E-state index contributed by atoms with van der Waals surface area (Å²) in [6.07, 6.45) is 1.66. The van der Waals surface area contributed by atoms with Crippen molar-refractivity contribution in [2.45, 2.75) is 6.92 Å². The minimum atomic E-state index is -1.11. The molecule has 0 saturated carbocycles. The molecule has 1 heterocycles. The number of carbonyl (C=O) groups is 2. The number of nitrogens with one attached hydrogen (secondary N) is 1. The van der Waals surface area contributed by atoms with Gasteiger partial charge in [0.15, 0.2) is 11.6 Å². The highest BCUT2D eigenvalue weighted by molar-refractivity contribution is 6.40. The standard InChI is InChI=1S/C19H13Cl3FN3O4/c1-8-7-26(2)25-17(8)24-18(28)10-5-11(15(27)6-14(10)23)19(29)30-16-12(21)3-9(20)4-13(16)22/h3-7,27H,1-2H3,(H,24,25,28). The Labute approximate surface area is 184 Å². The lowest BCUT2D eigenvalue weighted by molar-refractivity contribution is 0.0731. The maximum Gasteiger partial charge on any atom is 0.347 e. The van der Waals surface area contributed by atoms with Crippen molar-refractivity contribution in [1.29, 1.82) is 0 Å². The second-order valence-electron chi connectivity index (χ2n) is 6.23. The SMILES string of the molecule is Cc1cn(C)nc1NC(=O)c1cc(C(=O)Oc2c(Cl)cc(Cl)cc2Cl)c(O)cc1F. The Morgan fingerprint density at radius 1 is 1.13 bits per heavy atom. The van der Waals surface area contributed by atoms with E-state index in [4.69, 9.17) is 39.5 Å². The third kappa shape index (κ3) is 4.51. The average molecular weight is 473 g/mol. The lowest BCUT2D eigenvalue weighted by Crippen LogP contribution is -2.17. The molecule has 0 saturated heterocycles. The summed E-state index contributed by atoms with van der Waals surface area (Å²) < 4.78 is 20.9. The van der Waals surface area contributed by atoms with E-state index in [1.807, 2.05) is 0 Å². The molecule has 0 fully saturated rings. The summed E-state index contributed by atoms with van der Waals surface area (Å²) >= 11 is 17.8. The fourth-order valence-corrected chi connectivity index (χ4v) is 3.47. The molecule has 11 heteroatoms. The van der Waals surface area contributed by atoms with Crippen molar-refractivity contribution >= 4 is 52.5 Å². The van der Waals surface area contributed by atoms with E-state index in [1.54, 1.807) is 20.2 Å². The molecule has 0 bridgehead atoms. The number of carbonyl (C=O) groups excluding carboxylic acids is 2. The molecular weight excluding hydrogens is 460 g/mol. The predicted molar refractivity (Wildman–Crippen MR) is 110 cm³/mol. The van der Waals surface area contributed by atoms with E-state index >= 15 is 0 Å². The maximum absolute atomic E-state index is 14.3. The van der Waals surface area contributed by atoms with Crippen LogP contribution in [0.1, 0.15) is 26.3 Å². The number of anilines is 1. The Morgan fingerprint density at radius 3 is 2.33 bits per heavy atom. The first-order valence-corrected chi connectivity index (χ1v) is 9.41. The number of ether oxygens (including phenoxy) is 1. The van der Waals surface area contributed by atoms with Gasteiger partial charge in [-0.25, -0.2) is 9.18 Å². The van der Waals surface area contributed by atoms with E-state index in [2.05, 4.69) is 10.4 Å². The molecule has 1 amide bonds. The fourth-order valence-electron chi connectivity index (χ4n) is 2.58. The number of aromatic hydroxyl groups is 1. The first kappa shape index (κ1) is 21.9. The predicted octanol–water partition coefficient (Wildman–Crippen LogP) is 5.00. The molecule has 3 aromatic rings. The lowest BCUT2D eigenvalue weighted by atomic mass is 10.1. The molecule has 0 aliphatic rings. The van der Waals surface area contributed by atoms with Gasteiger partial charge in [0, 0.05) is 29.9 Å². The van der Waals surface area contributed by atoms with Crippen LogP contribution < -0.4 is 10.1 Å². The van der Waals surface area contributed by atoms with Crippen LogP contribution in [0.2, 0.25) is 15.1 Å². The van der Waals surface area contributed by atoms with Gasteiger partial charge in [-0.3, -0.25) is 9.48 Å².